The first kappa shape index (κ1) is 15.8. The number of phenolic OH excluding ortho intramolecular Hbond substituents is 1. The van der Waals surface area contributed by atoms with Crippen LogP contribution in [0.2, 0.25) is 0 Å². The lowest BCUT2D eigenvalue weighted by molar-refractivity contribution is 0.475. The summed E-state index contributed by atoms with van der Waals surface area (Å²) in [7, 11) is 0. The fourth-order valence-corrected chi connectivity index (χ4v) is 2.62. The Labute approximate surface area is 150 Å². The summed E-state index contributed by atoms with van der Waals surface area (Å²) >= 11 is 0. The van der Waals surface area contributed by atoms with E-state index >= 15 is 0 Å². The Morgan fingerprint density at radius 3 is 2.81 bits per heavy atom. The van der Waals surface area contributed by atoms with E-state index in [9.17, 15) is 5.11 Å². The molecule has 0 aliphatic carbocycles. The minimum absolute atomic E-state index is 0.187. The van der Waals surface area contributed by atoms with Crippen LogP contribution < -0.4 is 5.32 Å². The van der Waals surface area contributed by atoms with Crippen molar-refractivity contribution in [2.24, 2.45) is 0 Å². The fourth-order valence-electron chi connectivity index (χ4n) is 2.62. The highest BCUT2D eigenvalue weighted by atomic mass is 16.3. The predicted molar refractivity (Wildman–Crippen MR) is 98.0 cm³/mol. The van der Waals surface area contributed by atoms with Crippen molar-refractivity contribution in [3.05, 3.63) is 79.0 Å². The Morgan fingerprint density at radius 2 is 1.96 bits per heavy atom. The van der Waals surface area contributed by atoms with Gasteiger partial charge in [0.05, 0.1) is 12.2 Å². The number of nitrogens with zero attached hydrogens (tertiary/aromatic N) is 5. The van der Waals surface area contributed by atoms with E-state index in [1.807, 2.05) is 30.3 Å². The second kappa shape index (κ2) is 7.02. The zero-order valence-corrected chi connectivity index (χ0v) is 13.8. The summed E-state index contributed by atoms with van der Waals surface area (Å²) in [6.45, 7) is 0.646. The third kappa shape index (κ3) is 3.67. The summed E-state index contributed by atoms with van der Waals surface area (Å²) in [6, 6.07) is 16.8. The van der Waals surface area contributed by atoms with Gasteiger partial charge in [-0.1, -0.05) is 24.3 Å². The Bertz CT molecular complexity index is 1020. The summed E-state index contributed by atoms with van der Waals surface area (Å²) in [5.41, 5.74) is 3.63. The van der Waals surface area contributed by atoms with Gasteiger partial charge in [0.1, 0.15) is 18.4 Å². The van der Waals surface area contributed by atoms with Gasteiger partial charge < -0.3 is 10.4 Å². The van der Waals surface area contributed by atoms with Gasteiger partial charge in [-0.25, -0.2) is 19.6 Å². The molecule has 4 rings (SSSR count). The number of aromatic hydroxyl groups is 1. The van der Waals surface area contributed by atoms with Crippen molar-refractivity contribution >= 4 is 11.6 Å². The topological polar surface area (TPSA) is 88.8 Å². The Hall–Kier alpha value is -3.74. The van der Waals surface area contributed by atoms with Crippen LogP contribution in [0.15, 0.2) is 73.4 Å². The lowest BCUT2D eigenvalue weighted by Gasteiger charge is -2.08. The molecular formula is C19H16N6O. The molecule has 0 bridgehead atoms. The van der Waals surface area contributed by atoms with E-state index in [0.29, 0.717) is 12.5 Å². The van der Waals surface area contributed by atoms with Crippen molar-refractivity contribution in [3.8, 4) is 17.0 Å². The number of anilines is 2. The van der Waals surface area contributed by atoms with Crippen molar-refractivity contribution in [1.29, 1.82) is 0 Å². The van der Waals surface area contributed by atoms with Gasteiger partial charge >= 0.3 is 0 Å². The zero-order chi connectivity index (χ0) is 17.8. The highest BCUT2D eigenvalue weighted by molar-refractivity contribution is 5.63. The van der Waals surface area contributed by atoms with Crippen molar-refractivity contribution < 1.29 is 5.11 Å². The van der Waals surface area contributed by atoms with Crippen LogP contribution >= 0.6 is 0 Å². The maximum Gasteiger partial charge on any atom is 0.227 e. The standard InChI is InChI=1S/C19H16N6O/c26-17-6-2-5-16(10-17)23-19-21-8-7-18(24-19)15-4-1-3-14(9-15)11-25-13-20-12-22-25/h1-10,12-13,26H,11H2,(H,21,23,24). The fraction of sp³-hybridized carbons (Fsp3) is 0.0526. The van der Waals surface area contributed by atoms with Crippen LogP contribution in [0.5, 0.6) is 5.75 Å². The van der Waals surface area contributed by atoms with Crippen molar-refractivity contribution in [2.45, 2.75) is 6.54 Å². The number of hydrogen-bond donors (Lipinski definition) is 2. The summed E-state index contributed by atoms with van der Waals surface area (Å²) in [5, 5.41) is 16.8. The number of nitrogens with one attached hydrogen (secondary N) is 1. The van der Waals surface area contributed by atoms with Crippen LogP contribution in [0.3, 0.4) is 0 Å². The second-order valence-corrected chi connectivity index (χ2v) is 5.73. The first-order valence-corrected chi connectivity index (χ1v) is 8.07. The van der Waals surface area contributed by atoms with Crippen molar-refractivity contribution in [2.75, 3.05) is 5.32 Å². The molecule has 0 fully saturated rings. The molecule has 7 heteroatoms. The number of hydrogen-bond acceptors (Lipinski definition) is 6. The predicted octanol–water partition coefficient (Wildman–Crippen LogP) is 3.23. The Balaban J connectivity index is 1.58. The van der Waals surface area contributed by atoms with Crippen LogP contribution in [0.1, 0.15) is 5.56 Å². The molecule has 26 heavy (non-hydrogen) atoms. The molecule has 0 aliphatic rings. The molecule has 2 heterocycles. The second-order valence-electron chi connectivity index (χ2n) is 5.73. The minimum atomic E-state index is 0.187. The van der Waals surface area contributed by atoms with Crippen LogP contribution in [0.25, 0.3) is 11.3 Å². The van der Waals surface area contributed by atoms with Crippen LogP contribution in [0.4, 0.5) is 11.6 Å². The molecule has 0 atom stereocenters. The van der Waals surface area contributed by atoms with Crippen LogP contribution in [-0.4, -0.2) is 29.8 Å². The maximum absolute atomic E-state index is 9.57. The largest absolute Gasteiger partial charge is 0.508 e. The van der Waals surface area contributed by atoms with Crippen LogP contribution in [-0.2, 0) is 6.54 Å². The molecule has 0 aliphatic heterocycles. The van der Waals surface area contributed by atoms with Gasteiger partial charge in [-0.05, 0) is 29.8 Å². The van der Waals surface area contributed by atoms with E-state index in [1.54, 1.807) is 35.4 Å². The quantitative estimate of drug-likeness (QED) is 0.578. The molecule has 0 saturated heterocycles. The Morgan fingerprint density at radius 1 is 1.04 bits per heavy atom. The van der Waals surface area contributed by atoms with E-state index < -0.39 is 0 Å². The van der Waals surface area contributed by atoms with Crippen molar-refractivity contribution in [1.82, 2.24) is 24.7 Å². The normalized spacial score (nSPS) is 10.6. The molecule has 0 spiro atoms. The number of benzene rings is 2. The zero-order valence-electron chi connectivity index (χ0n) is 13.8. The summed E-state index contributed by atoms with van der Waals surface area (Å²) in [4.78, 5) is 12.8. The first-order valence-electron chi connectivity index (χ1n) is 8.07. The monoisotopic (exact) mass is 344 g/mol. The lowest BCUT2D eigenvalue weighted by atomic mass is 10.1. The van der Waals surface area contributed by atoms with Crippen LogP contribution in [0, 0.1) is 0 Å². The van der Waals surface area contributed by atoms with Gasteiger partial charge in [0, 0.05) is 23.5 Å². The first-order chi connectivity index (χ1) is 12.8. The minimum Gasteiger partial charge on any atom is -0.508 e. The average molecular weight is 344 g/mol. The van der Waals surface area contributed by atoms with Gasteiger partial charge in [-0.3, -0.25) is 0 Å². The number of phenols is 1. The van der Waals surface area contributed by atoms with E-state index in [1.165, 1.54) is 6.33 Å². The highest BCUT2D eigenvalue weighted by Crippen LogP contribution is 2.22. The maximum atomic E-state index is 9.57. The van der Waals surface area contributed by atoms with Gasteiger partial charge in [0.25, 0.3) is 0 Å². The van der Waals surface area contributed by atoms with Crippen molar-refractivity contribution in [3.63, 3.8) is 0 Å². The molecular weight excluding hydrogens is 328 g/mol. The Kier molecular flexibility index (Phi) is 4.26. The molecule has 0 radical (unpaired) electrons. The van der Waals surface area contributed by atoms with Gasteiger partial charge in [0.2, 0.25) is 5.95 Å². The molecule has 0 unspecified atom stereocenters. The van der Waals surface area contributed by atoms with Gasteiger partial charge in [-0.2, -0.15) is 5.10 Å². The molecule has 0 saturated carbocycles. The SMILES string of the molecule is Oc1cccc(Nc2nccc(-c3cccc(Cn4cncn4)c3)n2)c1. The van der Waals surface area contributed by atoms with E-state index in [0.717, 1.165) is 22.5 Å². The summed E-state index contributed by atoms with van der Waals surface area (Å²) < 4.78 is 1.77. The van der Waals surface area contributed by atoms with E-state index in [4.69, 9.17) is 0 Å². The van der Waals surface area contributed by atoms with Gasteiger partial charge in [0.15, 0.2) is 0 Å². The molecule has 2 aromatic carbocycles. The molecule has 128 valence electrons. The molecule has 2 aromatic heterocycles. The van der Waals surface area contributed by atoms with E-state index in [2.05, 4.69) is 31.4 Å². The smallest absolute Gasteiger partial charge is 0.227 e. The molecule has 4 aromatic rings. The van der Waals surface area contributed by atoms with Gasteiger partial charge in [-0.15, -0.1) is 0 Å². The number of rotatable bonds is 5. The highest BCUT2D eigenvalue weighted by Gasteiger charge is 2.05. The van der Waals surface area contributed by atoms with E-state index in [-0.39, 0.29) is 5.75 Å². The molecule has 2 N–H and O–H groups in total. The molecule has 7 nitrogen and oxygen atoms in total. The third-order valence-electron chi connectivity index (χ3n) is 3.79. The third-order valence-corrected chi connectivity index (χ3v) is 3.79. The summed E-state index contributed by atoms with van der Waals surface area (Å²) in [5.74, 6) is 0.654. The average Bonchev–Trinajstić information content (AvgIpc) is 3.15. The lowest BCUT2D eigenvalue weighted by Crippen LogP contribution is -2.00. The molecule has 0 amide bonds. The number of aromatic nitrogens is 5. The summed E-state index contributed by atoms with van der Waals surface area (Å²) in [6.07, 6.45) is 4.92.